The van der Waals surface area contributed by atoms with Gasteiger partial charge in [-0.05, 0) is 44.0 Å². The van der Waals surface area contributed by atoms with Crippen LogP contribution in [0.5, 0.6) is 5.88 Å². The van der Waals surface area contributed by atoms with E-state index >= 15 is 0 Å². The van der Waals surface area contributed by atoms with Crippen LogP contribution in [0.4, 0.5) is 5.69 Å². The van der Waals surface area contributed by atoms with Crippen molar-refractivity contribution in [2.75, 3.05) is 18.1 Å². The Bertz CT molecular complexity index is 790. The van der Waals surface area contributed by atoms with Crippen molar-refractivity contribution < 1.29 is 19.1 Å². The second-order valence-corrected chi connectivity index (χ2v) is 5.71. The summed E-state index contributed by atoms with van der Waals surface area (Å²) in [6.07, 6.45) is 1.45. The van der Waals surface area contributed by atoms with Crippen LogP contribution in [0.25, 0.3) is 0 Å². The van der Waals surface area contributed by atoms with Gasteiger partial charge in [-0.1, -0.05) is 18.2 Å². The molecule has 25 heavy (non-hydrogen) atoms. The van der Waals surface area contributed by atoms with Crippen LogP contribution in [-0.2, 0) is 16.0 Å². The van der Waals surface area contributed by atoms with Crippen molar-refractivity contribution in [2.45, 2.75) is 26.4 Å². The van der Waals surface area contributed by atoms with Crippen molar-refractivity contribution in [1.29, 1.82) is 0 Å². The Morgan fingerprint density at radius 3 is 2.84 bits per heavy atom. The molecule has 1 aliphatic heterocycles. The minimum atomic E-state index is -0.895. The summed E-state index contributed by atoms with van der Waals surface area (Å²) < 4.78 is 10.7. The molecule has 130 valence electrons. The summed E-state index contributed by atoms with van der Waals surface area (Å²) in [5, 5.41) is 0. The maximum atomic E-state index is 12.7. The van der Waals surface area contributed by atoms with Crippen LogP contribution in [0.3, 0.4) is 0 Å². The Hall–Kier alpha value is -2.89. The van der Waals surface area contributed by atoms with Crippen molar-refractivity contribution >= 4 is 17.6 Å². The average molecular weight is 340 g/mol. The zero-order valence-corrected chi connectivity index (χ0v) is 14.3. The lowest BCUT2D eigenvalue weighted by Crippen LogP contribution is -2.39. The molecule has 1 unspecified atom stereocenters. The van der Waals surface area contributed by atoms with E-state index in [0.717, 1.165) is 17.7 Å². The predicted molar refractivity (Wildman–Crippen MR) is 92.8 cm³/mol. The fourth-order valence-corrected chi connectivity index (χ4v) is 2.86. The van der Waals surface area contributed by atoms with E-state index in [9.17, 15) is 9.59 Å². The van der Waals surface area contributed by atoms with Gasteiger partial charge in [-0.2, -0.15) is 0 Å². The zero-order valence-electron chi connectivity index (χ0n) is 14.3. The van der Waals surface area contributed by atoms with Crippen molar-refractivity contribution in [3.63, 3.8) is 0 Å². The minimum Gasteiger partial charge on any atom is -0.477 e. The summed E-state index contributed by atoms with van der Waals surface area (Å²) in [6, 6.07) is 11.0. The number of hydrogen-bond donors (Lipinski definition) is 0. The molecule has 1 atom stereocenters. The molecule has 1 amide bonds. The van der Waals surface area contributed by atoms with Crippen LogP contribution < -0.4 is 9.64 Å². The zero-order chi connectivity index (χ0) is 17.8. The van der Waals surface area contributed by atoms with E-state index in [2.05, 4.69) is 4.98 Å². The van der Waals surface area contributed by atoms with Crippen molar-refractivity contribution in [2.24, 2.45) is 0 Å². The van der Waals surface area contributed by atoms with Gasteiger partial charge < -0.3 is 14.4 Å². The topological polar surface area (TPSA) is 68.7 Å². The molecule has 0 radical (unpaired) electrons. The summed E-state index contributed by atoms with van der Waals surface area (Å²) in [5.74, 6) is -0.647. The fourth-order valence-electron chi connectivity index (χ4n) is 2.86. The maximum Gasteiger partial charge on any atom is 0.344 e. The highest BCUT2D eigenvalue weighted by atomic mass is 16.6. The van der Waals surface area contributed by atoms with Gasteiger partial charge >= 0.3 is 5.97 Å². The molecule has 6 heteroatoms. The van der Waals surface area contributed by atoms with Gasteiger partial charge in [0.25, 0.3) is 5.91 Å². The van der Waals surface area contributed by atoms with E-state index < -0.39 is 12.1 Å². The Morgan fingerprint density at radius 2 is 2.04 bits per heavy atom. The van der Waals surface area contributed by atoms with Gasteiger partial charge in [-0.25, -0.2) is 9.78 Å². The van der Waals surface area contributed by atoms with Gasteiger partial charge in [0, 0.05) is 18.4 Å². The first-order chi connectivity index (χ1) is 12.1. The van der Waals surface area contributed by atoms with Gasteiger partial charge in [0.2, 0.25) is 5.88 Å². The smallest absolute Gasteiger partial charge is 0.344 e. The molecule has 0 saturated carbocycles. The van der Waals surface area contributed by atoms with Crippen molar-refractivity contribution in [1.82, 2.24) is 4.98 Å². The number of benzene rings is 1. The number of para-hydroxylation sites is 1. The number of pyridine rings is 1. The highest BCUT2D eigenvalue weighted by molar-refractivity contribution is 6.00. The monoisotopic (exact) mass is 340 g/mol. The summed E-state index contributed by atoms with van der Waals surface area (Å²) in [6.45, 7) is 4.37. The van der Waals surface area contributed by atoms with Crippen molar-refractivity contribution in [3.8, 4) is 5.88 Å². The number of carbonyl (C=O) groups is 2. The molecular weight excluding hydrogens is 320 g/mol. The summed E-state index contributed by atoms with van der Waals surface area (Å²) >= 11 is 0. The van der Waals surface area contributed by atoms with Crippen LogP contribution in [0.1, 0.15) is 29.8 Å². The lowest BCUT2D eigenvalue weighted by molar-refractivity contribution is -0.126. The number of amides is 1. The number of fused-ring (bicyclic) bond motifs is 1. The summed E-state index contributed by atoms with van der Waals surface area (Å²) in [7, 11) is 0. The number of nitrogens with zero attached hydrogens (tertiary/aromatic N) is 2. The van der Waals surface area contributed by atoms with E-state index in [4.69, 9.17) is 9.47 Å². The maximum absolute atomic E-state index is 12.7. The van der Waals surface area contributed by atoms with Gasteiger partial charge in [0.1, 0.15) is 5.56 Å². The molecule has 3 rings (SSSR count). The standard InChI is InChI=1S/C19H20N2O4/c1-3-24-17-15(8-6-11-20-17)19(23)25-13(2)18(22)21-12-10-14-7-4-5-9-16(14)21/h4-9,11,13H,3,10,12H2,1-2H3. The van der Waals surface area contributed by atoms with Crippen LogP contribution in [0.2, 0.25) is 0 Å². The molecule has 0 aliphatic carbocycles. The highest BCUT2D eigenvalue weighted by Crippen LogP contribution is 2.28. The number of hydrogen-bond acceptors (Lipinski definition) is 5. The summed E-state index contributed by atoms with van der Waals surface area (Å²) in [4.78, 5) is 30.8. The minimum absolute atomic E-state index is 0.209. The number of aromatic nitrogens is 1. The Balaban J connectivity index is 1.71. The Kier molecular flexibility index (Phi) is 4.97. The first-order valence-corrected chi connectivity index (χ1v) is 8.30. The molecule has 6 nitrogen and oxygen atoms in total. The van der Waals surface area contributed by atoms with E-state index in [-0.39, 0.29) is 17.4 Å². The molecule has 0 fully saturated rings. The lowest BCUT2D eigenvalue weighted by atomic mass is 10.2. The predicted octanol–water partition coefficient (Wildman–Crippen LogP) is 2.61. The first kappa shape index (κ1) is 17.0. The Morgan fingerprint density at radius 1 is 1.24 bits per heavy atom. The first-order valence-electron chi connectivity index (χ1n) is 8.30. The van der Waals surface area contributed by atoms with Gasteiger partial charge in [-0.3, -0.25) is 4.79 Å². The molecular formula is C19H20N2O4. The third-order valence-corrected chi connectivity index (χ3v) is 4.06. The van der Waals surface area contributed by atoms with Crippen LogP contribution in [-0.4, -0.2) is 36.1 Å². The number of anilines is 1. The number of carbonyl (C=O) groups excluding carboxylic acids is 2. The van der Waals surface area contributed by atoms with Crippen LogP contribution in [0, 0.1) is 0 Å². The fraction of sp³-hybridized carbons (Fsp3) is 0.316. The second kappa shape index (κ2) is 7.34. The van der Waals surface area contributed by atoms with Gasteiger partial charge in [0.15, 0.2) is 6.10 Å². The average Bonchev–Trinajstić information content (AvgIpc) is 3.05. The molecule has 0 bridgehead atoms. The second-order valence-electron chi connectivity index (χ2n) is 5.71. The third-order valence-electron chi connectivity index (χ3n) is 4.06. The number of esters is 1. The molecule has 1 aromatic carbocycles. The molecule has 0 saturated heterocycles. The molecule has 1 aliphatic rings. The summed E-state index contributed by atoms with van der Waals surface area (Å²) in [5.41, 5.74) is 2.22. The third kappa shape index (κ3) is 3.47. The normalized spacial score (nSPS) is 13.9. The van der Waals surface area contributed by atoms with E-state index in [0.29, 0.717) is 13.2 Å². The number of rotatable bonds is 5. The molecule has 0 N–H and O–H groups in total. The van der Waals surface area contributed by atoms with Crippen molar-refractivity contribution in [3.05, 3.63) is 53.7 Å². The molecule has 2 heterocycles. The van der Waals surface area contributed by atoms with Gasteiger partial charge in [0.05, 0.1) is 6.61 Å². The lowest BCUT2D eigenvalue weighted by Gasteiger charge is -2.22. The number of ether oxygens (including phenoxy) is 2. The SMILES string of the molecule is CCOc1ncccc1C(=O)OC(C)C(=O)N1CCc2ccccc21. The highest BCUT2D eigenvalue weighted by Gasteiger charge is 2.30. The van der Waals surface area contributed by atoms with Gasteiger partial charge in [-0.15, -0.1) is 0 Å². The van der Waals surface area contributed by atoms with Crippen LogP contribution >= 0.6 is 0 Å². The largest absolute Gasteiger partial charge is 0.477 e. The van der Waals surface area contributed by atoms with E-state index in [1.54, 1.807) is 30.9 Å². The van der Waals surface area contributed by atoms with Crippen LogP contribution in [0.15, 0.2) is 42.6 Å². The van der Waals surface area contributed by atoms with E-state index in [1.165, 1.54) is 6.20 Å². The quantitative estimate of drug-likeness (QED) is 0.783. The molecule has 0 spiro atoms. The molecule has 1 aromatic heterocycles. The van der Waals surface area contributed by atoms with E-state index in [1.807, 2.05) is 24.3 Å². The Labute approximate surface area is 146 Å². The molecule has 2 aromatic rings.